The van der Waals surface area contributed by atoms with Crippen LogP contribution < -0.4 is 5.32 Å². The van der Waals surface area contributed by atoms with Crippen molar-refractivity contribution in [3.63, 3.8) is 0 Å². The van der Waals surface area contributed by atoms with Gasteiger partial charge in [0.1, 0.15) is 11.5 Å². The van der Waals surface area contributed by atoms with Crippen molar-refractivity contribution in [1.29, 1.82) is 0 Å². The maximum absolute atomic E-state index is 14.0. The smallest absolute Gasteiger partial charge is 0.260 e. The molecule has 0 radical (unpaired) electrons. The van der Waals surface area contributed by atoms with Crippen LogP contribution in [0.4, 0.5) is 10.1 Å². The highest BCUT2D eigenvalue weighted by atomic mass is 35.5. The summed E-state index contributed by atoms with van der Waals surface area (Å²) in [6.07, 6.45) is 3.84. The normalized spacial score (nSPS) is 10.9. The number of nitrogens with one attached hydrogen (secondary N) is 1. The van der Waals surface area contributed by atoms with Gasteiger partial charge in [-0.1, -0.05) is 35.9 Å². The quantitative estimate of drug-likeness (QED) is 0.521. The molecule has 0 fully saturated rings. The van der Waals surface area contributed by atoms with E-state index < -0.39 is 11.7 Å². The monoisotopic (exact) mass is 379 g/mol. The van der Waals surface area contributed by atoms with Gasteiger partial charge >= 0.3 is 0 Å². The first-order valence-corrected chi connectivity index (χ1v) is 8.71. The molecule has 134 valence electrons. The Morgan fingerprint density at radius 3 is 2.78 bits per heavy atom. The van der Waals surface area contributed by atoms with Gasteiger partial charge < -0.3 is 9.72 Å². The molecule has 1 amide bonds. The van der Waals surface area contributed by atoms with Crippen LogP contribution in [0.25, 0.3) is 16.9 Å². The highest BCUT2D eigenvalue weighted by molar-refractivity contribution is 6.34. The fourth-order valence-corrected chi connectivity index (χ4v) is 3.14. The van der Waals surface area contributed by atoms with Crippen LogP contribution >= 0.6 is 11.6 Å². The lowest BCUT2D eigenvalue weighted by Crippen LogP contribution is -2.15. The molecule has 4 rings (SSSR count). The number of aryl methyl sites for hydroxylation is 1. The molecule has 1 N–H and O–H groups in total. The van der Waals surface area contributed by atoms with Gasteiger partial charge in [-0.2, -0.15) is 0 Å². The van der Waals surface area contributed by atoms with Crippen molar-refractivity contribution in [2.75, 3.05) is 5.32 Å². The lowest BCUT2D eigenvalue weighted by atomic mass is 10.1. The summed E-state index contributed by atoms with van der Waals surface area (Å²) in [5.74, 6) is -1.25. The lowest BCUT2D eigenvalue weighted by molar-refractivity contribution is 0.102. The molecule has 0 aliphatic carbocycles. The zero-order valence-corrected chi connectivity index (χ0v) is 15.2. The predicted octanol–water partition coefficient (Wildman–Crippen LogP) is 5.35. The fourth-order valence-electron chi connectivity index (χ4n) is 2.89. The van der Waals surface area contributed by atoms with E-state index in [1.165, 1.54) is 18.2 Å². The highest BCUT2D eigenvalue weighted by Crippen LogP contribution is 2.27. The molecule has 4 nitrogen and oxygen atoms in total. The molecular formula is C21H15ClFN3O. The third-order valence-corrected chi connectivity index (χ3v) is 4.65. The van der Waals surface area contributed by atoms with Gasteiger partial charge in [0, 0.05) is 23.6 Å². The van der Waals surface area contributed by atoms with E-state index in [9.17, 15) is 9.18 Å². The van der Waals surface area contributed by atoms with Crippen LogP contribution in [0, 0.1) is 12.7 Å². The van der Waals surface area contributed by atoms with Crippen molar-refractivity contribution >= 4 is 28.8 Å². The summed E-state index contributed by atoms with van der Waals surface area (Å²) < 4.78 is 15.9. The van der Waals surface area contributed by atoms with Crippen LogP contribution in [0.15, 0.2) is 67.0 Å². The molecule has 2 heterocycles. The number of hydrogen-bond donors (Lipinski definition) is 1. The molecule has 0 saturated carbocycles. The van der Waals surface area contributed by atoms with Gasteiger partial charge in [-0.05, 0) is 42.8 Å². The van der Waals surface area contributed by atoms with E-state index in [-0.39, 0.29) is 10.6 Å². The molecule has 0 unspecified atom stereocenters. The second-order valence-corrected chi connectivity index (χ2v) is 6.58. The van der Waals surface area contributed by atoms with Crippen LogP contribution in [-0.4, -0.2) is 15.3 Å². The number of halogens is 2. The molecule has 2 aromatic carbocycles. The second-order valence-electron chi connectivity index (χ2n) is 6.17. The second kappa shape index (κ2) is 6.85. The molecule has 4 aromatic rings. The van der Waals surface area contributed by atoms with E-state index >= 15 is 0 Å². The molecule has 6 heteroatoms. The fraction of sp³-hybridized carbons (Fsp3) is 0.0476. The Labute approximate surface area is 160 Å². The van der Waals surface area contributed by atoms with Crippen molar-refractivity contribution in [1.82, 2.24) is 9.38 Å². The van der Waals surface area contributed by atoms with Crippen molar-refractivity contribution in [2.45, 2.75) is 6.92 Å². The predicted molar refractivity (Wildman–Crippen MR) is 105 cm³/mol. The molecule has 0 aliphatic rings. The molecule has 27 heavy (non-hydrogen) atoms. The molecule has 0 atom stereocenters. The van der Waals surface area contributed by atoms with E-state index in [1.807, 2.05) is 60.1 Å². The number of rotatable bonds is 3. The Balaban J connectivity index is 1.69. The van der Waals surface area contributed by atoms with E-state index in [0.717, 1.165) is 22.5 Å². The third kappa shape index (κ3) is 3.29. The topological polar surface area (TPSA) is 46.4 Å². The van der Waals surface area contributed by atoms with E-state index in [2.05, 4.69) is 10.3 Å². The van der Waals surface area contributed by atoms with Gasteiger partial charge in [0.05, 0.1) is 16.3 Å². The van der Waals surface area contributed by atoms with Gasteiger partial charge in [0.2, 0.25) is 0 Å². The van der Waals surface area contributed by atoms with Crippen LogP contribution in [-0.2, 0) is 0 Å². The number of carbonyl (C=O) groups is 1. The number of carbonyl (C=O) groups excluding carboxylic acids is 1. The summed E-state index contributed by atoms with van der Waals surface area (Å²) in [6.45, 7) is 1.87. The number of pyridine rings is 1. The number of aromatic nitrogens is 2. The number of benzene rings is 2. The average molecular weight is 380 g/mol. The van der Waals surface area contributed by atoms with E-state index in [1.54, 1.807) is 0 Å². The molecule has 0 saturated heterocycles. The molecule has 0 bridgehead atoms. The molecule has 2 aromatic heterocycles. The number of anilines is 1. The van der Waals surface area contributed by atoms with Gasteiger partial charge in [-0.15, -0.1) is 0 Å². The molecular weight excluding hydrogens is 365 g/mol. The minimum absolute atomic E-state index is 0.0710. The minimum Gasteiger partial charge on any atom is -0.322 e. The van der Waals surface area contributed by atoms with Gasteiger partial charge in [0.25, 0.3) is 5.91 Å². The summed E-state index contributed by atoms with van der Waals surface area (Å²) in [5.41, 5.74) is 3.71. The zero-order valence-electron chi connectivity index (χ0n) is 14.4. The van der Waals surface area contributed by atoms with Crippen molar-refractivity contribution in [2.24, 2.45) is 0 Å². The summed E-state index contributed by atoms with van der Waals surface area (Å²) in [7, 11) is 0. The van der Waals surface area contributed by atoms with Crippen LogP contribution in [0.1, 0.15) is 15.9 Å². The largest absolute Gasteiger partial charge is 0.322 e. The first-order chi connectivity index (χ1) is 13.0. The number of fused-ring (bicyclic) bond motifs is 1. The van der Waals surface area contributed by atoms with E-state index in [0.29, 0.717) is 5.69 Å². The van der Waals surface area contributed by atoms with Crippen molar-refractivity contribution < 1.29 is 9.18 Å². The highest BCUT2D eigenvalue weighted by Gasteiger charge is 2.17. The summed E-state index contributed by atoms with van der Waals surface area (Å²) in [5, 5.41) is 2.83. The molecule has 0 spiro atoms. The Morgan fingerprint density at radius 1 is 1.15 bits per heavy atom. The standard InChI is InChI=1S/C21H15ClFN3O/c1-13-8-9-14(18-12-26-10-3-2-7-19(26)24-18)11-17(13)25-21(27)20-15(22)5-4-6-16(20)23/h2-12H,1H3,(H,25,27). The SMILES string of the molecule is Cc1ccc(-c2cn3ccccc3n2)cc1NC(=O)c1c(F)cccc1Cl. The Hall–Kier alpha value is -3.18. The number of imidazole rings is 1. The Bertz CT molecular complexity index is 1120. The van der Waals surface area contributed by atoms with Crippen LogP contribution in [0.5, 0.6) is 0 Å². The summed E-state index contributed by atoms with van der Waals surface area (Å²) >= 11 is 5.99. The maximum Gasteiger partial charge on any atom is 0.260 e. The van der Waals surface area contributed by atoms with Crippen LogP contribution in [0.2, 0.25) is 5.02 Å². The van der Waals surface area contributed by atoms with E-state index in [4.69, 9.17) is 11.6 Å². The molecule has 0 aliphatic heterocycles. The first kappa shape index (κ1) is 17.2. The number of hydrogen-bond acceptors (Lipinski definition) is 2. The zero-order chi connectivity index (χ0) is 19.0. The summed E-state index contributed by atoms with van der Waals surface area (Å²) in [6, 6.07) is 15.6. The van der Waals surface area contributed by atoms with Crippen LogP contribution in [0.3, 0.4) is 0 Å². The Morgan fingerprint density at radius 2 is 2.00 bits per heavy atom. The van der Waals surface area contributed by atoms with Crippen molar-refractivity contribution in [3.05, 3.63) is 89.0 Å². The van der Waals surface area contributed by atoms with Crippen molar-refractivity contribution in [3.8, 4) is 11.3 Å². The summed E-state index contributed by atoms with van der Waals surface area (Å²) in [4.78, 5) is 17.1. The minimum atomic E-state index is -0.658. The maximum atomic E-state index is 14.0. The number of amides is 1. The first-order valence-electron chi connectivity index (χ1n) is 8.33. The number of nitrogens with zero attached hydrogens (tertiary/aromatic N) is 2. The van der Waals surface area contributed by atoms with Gasteiger partial charge in [0.15, 0.2) is 0 Å². The Kier molecular flexibility index (Phi) is 4.38. The van der Waals surface area contributed by atoms with Gasteiger partial charge in [-0.3, -0.25) is 4.79 Å². The third-order valence-electron chi connectivity index (χ3n) is 4.34. The lowest BCUT2D eigenvalue weighted by Gasteiger charge is -2.11. The average Bonchev–Trinajstić information content (AvgIpc) is 3.07. The van der Waals surface area contributed by atoms with Gasteiger partial charge in [-0.25, -0.2) is 9.37 Å².